The van der Waals surface area contributed by atoms with E-state index in [0.29, 0.717) is 52.9 Å². The van der Waals surface area contributed by atoms with Crippen LogP contribution in [0.3, 0.4) is 0 Å². The number of carbonyl (C=O) groups excluding carboxylic acids is 4. The van der Waals surface area contributed by atoms with Gasteiger partial charge in [-0.1, -0.05) is 11.6 Å². The van der Waals surface area contributed by atoms with Gasteiger partial charge in [0, 0.05) is 100 Å². The van der Waals surface area contributed by atoms with Gasteiger partial charge in [0.2, 0.25) is 11.9 Å². The summed E-state index contributed by atoms with van der Waals surface area (Å²) < 4.78 is 13.4. The number of halogens is 1. The number of piperidine rings is 1. The average Bonchev–Trinajstić information content (AvgIpc) is 3.58. The maximum atomic E-state index is 13.1. The van der Waals surface area contributed by atoms with Gasteiger partial charge in [0.15, 0.2) is 18.2 Å². The molecule has 4 N–H and O–H groups in total. The van der Waals surface area contributed by atoms with Crippen LogP contribution < -0.4 is 41.4 Å². The number of anilines is 4. The van der Waals surface area contributed by atoms with Crippen LogP contribution in [0.5, 0.6) is 5.75 Å². The van der Waals surface area contributed by atoms with Gasteiger partial charge in [-0.2, -0.15) is 4.98 Å². The molecule has 0 radical (unpaired) electrons. The Morgan fingerprint density at radius 3 is 2.38 bits per heavy atom. The van der Waals surface area contributed by atoms with Crippen LogP contribution in [0.2, 0.25) is 5.02 Å². The SMILES string of the molecule is CNC(=O)C(CCC=O)N1Cc2cc(N3CC4(CNC4)C3)ccc2C1=O.CNC(=O)COc1cc2cc(Nc3nc(N4CCC(OC5CCC5)CC4)ncc3Cl)ccc2n(C(C)C)c1=O. The van der Waals surface area contributed by atoms with Crippen molar-refractivity contribution in [1.82, 2.24) is 35.4 Å². The number of aldehydes is 1. The van der Waals surface area contributed by atoms with Crippen LogP contribution in [-0.4, -0.2) is 122 Å². The van der Waals surface area contributed by atoms with Crippen LogP contribution in [0.15, 0.2) is 53.5 Å². The first-order chi connectivity index (χ1) is 31.4. The Kier molecular flexibility index (Phi) is 13.9. The van der Waals surface area contributed by atoms with E-state index in [4.69, 9.17) is 26.1 Å². The molecule has 5 aliphatic rings. The van der Waals surface area contributed by atoms with Crippen LogP contribution in [0.1, 0.15) is 80.8 Å². The van der Waals surface area contributed by atoms with E-state index in [2.05, 4.69) is 42.1 Å². The summed E-state index contributed by atoms with van der Waals surface area (Å²) >= 11 is 6.47. The number of pyridine rings is 1. The highest BCUT2D eigenvalue weighted by Gasteiger charge is 2.48. The Morgan fingerprint density at radius 2 is 1.74 bits per heavy atom. The first kappa shape index (κ1) is 45.8. The van der Waals surface area contributed by atoms with Crippen molar-refractivity contribution in [3.8, 4) is 5.75 Å². The largest absolute Gasteiger partial charge is 0.478 e. The molecule has 1 saturated carbocycles. The minimum Gasteiger partial charge on any atom is -0.478 e. The molecule has 1 atom stereocenters. The van der Waals surface area contributed by atoms with Crippen LogP contribution in [0.25, 0.3) is 10.9 Å². The Bertz CT molecular complexity index is 2480. The number of likely N-dealkylation sites (N-methyl/N-ethyl adjacent to an activating group) is 2. The van der Waals surface area contributed by atoms with E-state index < -0.39 is 6.04 Å². The molecule has 17 nitrogen and oxygen atoms in total. The standard InChI is InChI=1S/C28H35ClN6O4.C19H24N4O3/c1-17(2)35-23-8-7-19(13-18(23)14-24(27(35)37)38-16-25(36)30-3)32-26-22(29)15-31-28(33-26)34-11-9-21(10-12-34)39-20-5-4-6-20;1-20-17(25)16(3-2-6-24)23-8-13-7-14(4-5-15(13)18(23)26)22-11-19(12-22)9-21-10-19/h7-8,13-15,17,20-21H,4-6,9-12,16H2,1-3H3,(H,30,36)(H,31,32,33);4-7,16,21H,2-3,8-12H2,1H3,(H,20,25). The average molecular weight is 912 g/mol. The zero-order valence-electron chi connectivity index (χ0n) is 37.5. The van der Waals surface area contributed by atoms with Crippen molar-refractivity contribution < 1.29 is 28.7 Å². The van der Waals surface area contributed by atoms with E-state index in [1.165, 1.54) is 26.3 Å². The molecular weight excluding hydrogens is 852 g/mol. The molecule has 3 saturated heterocycles. The second-order valence-electron chi connectivity index (χ2n) is 18.0. The first-order valence-electron chi connectivity index (χ1n) is 22.7. The normalized spacial score (nSPS) is 18.2. The predicted octanol–water partition coefficient (Wildman–Crippen LogP) is 4.58. The number of fused-ring (bicyclic) bond motifs is 2. The second kappa shape index (κ2) is 19.8. The van der Waals surface area contributed by atoms with Crippen molar-refractivity contribution in [1.29, 1.82) is 0 Å². The summed E-state index contributed by atoms with van der Waals surface area (Å²) in [7, 11) is 3.07. The summed E-state index contributed by atoms with van der Waals surface area (Å²) in [6.45, 7) is 9.99. The fourth-order valence-electron chi connectivity index (χ4n) is 9.18. The summed E-state index contributed by atoms with van der Waals surface area (Å²) in [6, 6.07) is 12.6. The van der Waals surface area contributed by atoms with Gasteiger partial charge in [0.05, 0.1) is 23.9 Å². The second-order valence-corrected chi connectivity index (χ2v) is 18.4. The Morgan fingerprint density at radius 1 is 0.985 bits per heavy atom. The van der Waals surface area contributed by atoms with Crippen molar-refractivity contribution >= 4 is 69.7 Å². The molecule has 346 valence electrons. The summed E-state index contributed by atoms with van der Waals surface area (Å²) in [5.41, 5.74) is 4.42. The Labute approximate surface area is 383 Å². The fourth-order valence-corrected chi connectivity index (χ4v) is 9.32. The highest BCUT2D eigenvalue weighted by atomic mass is 35.5. The number of nitrogens with zero attached hydrogens (tertiary/aromatic N) is 6. The molecule has 4 fully saturated rings. The molecule has 2 aromatic carbocycles. The van der Waals surface area contributed by atoms with Crippen molar-refractivity contribution in [3.05, 3.63) is 75.2 Å². The summed E-state index contributed by atoms with van der Waals surface area (Å²) in [5, 5.41) is 12.9. The highest BCUT2D eigenvalue weighted by Crippen LogP contribution is 2.39. The quantitative estimate of drug-likeness (QED) is 0.121. The number of rotatable bonds is 15. The van der Waals surface area contributed by atoms with Crippen LogP contribution in [0.4, 0.5) is 23.1 Å². The third-order valence-corrected chi connectivity index (χ3v) is 13.4. The summed E-state index contributed by atoms with van der Waals surface area (Å²) in [4.78, 5) is 75.8. The molecule has 65 heavy (non-hydrogen) atoms. The molecule has 0 bridgehead atoms. The number of ether oxygens (including phenoxy) is 2. The minimum absolute atomic E-state index is 0.107. The van der Waals surface area contributed by atoms with Gasteiger partial charge in [0.25, 0.3) is 17.4 Å². The zero-order valence-corrected chi connectivity index (χ0v) is 38.3. The van der Waals surface area contributed by atoms with Gasteiger partial charge >= 0.3 is 0 Å². The van der Waals surface area contributed by atoms with Gasteiger partial charge in [-0.3, -0.25) is 19.2 Å². The molecule has 6 heterocycles. The molecule has 9 rings (SSSR count). The zero-order chi connectivity index (χ0) is 45.8. The number of amides is 3. The topological polar surface area (TPSA) is 192 Å². The number of benzene rings is 2. The Hall–Kier alpha value is -5.78. The lowest BCUT2D eigenvalue weighted by atomic mass is 9.74. The number of aromatic nitrogens is 3. The van der Waals surface area contributed by atoms with Gasteiger partial charge in [-0.25, -0.2) is 4.98 Å². The molecular formula is C47H59ClN10O7. The maximum Gasteiger partial charge on any atom is 0.293 e. The molecule has 3 amide bonds. The molecule has 1 unspecified atom stereocenters. The van der Waals surface area contributed by atoms with Gasteiger partial charge in [-0.05, 0) is 100 Å². The van der Waals surface area contributed by atoms with Crippen LogP contribution >= 0.6 is 11.6 Å². The van der Waals surface area contributed by atoms with Crippen molar-refractivity contribution in [2.45, 2.75) is 89.6 Å². The van der Waals surface area contributed by atoms with Crippen LogP contribution in [0, 0.1) is 5.41 Å². The molecule has 2 aromatic heterocycles. The van der Waals surface area contributed by atoms with Gasteiger partial charge in [0.1, 0.15) is 17.4 Å². The summed E-state index contributed by atoms with van der Waals surface area (Å²) in [6.07, 6.45) is 9.32. The van der Waals surface area contributed by atoms with E-state index in [-0.39, 0.29) is 48.1 Å². The fraction of sp³-hybridized carbons (Fsp3) is 0.511. The smallest absolute Gasteiger partial charge is 0.293 e. The molecule has 1 aliphatic carbocycles. The minimum atomic E-state index is -0.609. The summed E-state index contributed by atoms with van der Waals surface area (Å²) in [5.74, 6) is 0.574. The first-order valence-corrected chi connectivity index (χ1v) is 23.0. The van der Waals surface area contributed by atoms with E-state index in [1.807, 2.05) is 44.2 Å². The monoisotopic (exact) mass is 910 g/mol. The third-order valence-electron chi connectivity index (χ3n) is 13.1. The number of hydrogen-bond acceptors (Lipinski definition) is 13. The lowest BCUT2D eigenvalue weighted by Gasteiger charge is -2.57. The van der Waals surface area contributed by atoms with Crippen molar-refractivity contribution in [3.63, 3.8) is 0 Å². The number of nitrogens with one attached hydrogen (secondary N) is 4. The number of hydrogen-bond donors (Lipinski definition) is 4. The molecule has 1 spiro atoms. The number of carbonyl (C=O) groups is 4. The lowest BCUT2D eigenvalue weighted by molar-refractivity contribution is -0.125. The van der Waals surface area contributed by atoms with E-state index in [0.717, 1.165) is 86.2 Å². The predicted molar refractivity (Wildman–Crippen MR) is 249 cm³/mol. The van der Waals surface area contributed by atoms with Crippen LogP contribution in [-0.2, 0) is 25.7 Å². The van der Waals surface area contributed by atoms with Gasteiger partial charge in [-0.15, -0.1) is 0 Å². The van der Waals surface area contributed by atoms with Gasteiger partial charge < -0.3 is 54.8 Å². The van der Waals surface area contributed by atoms with E-state index in [9.17, 15) is 24.0 Å². The lowest BCUT2D eigenvalue weighted by Crippen LogP contribution is -2.71. The third kappa shape index (κ3) is 9.92. The Balaban J connectivity index is 0.000000192. The van der Waals surface area contributed by atoms with Crippen molar-refractivity contribution in [2.75, 3.05) is 75.1 Å². The maximum absolute atomic E-state index is 13.1. The van der Waals surface area contributed by atoms with E-state index >= 15 is 0 Å². The van der Waals surface area contributed by atoms with E-state index in [1.54, 1.807) is 28.8 Å². The molecule has 18 heteroatoms. The molecule has 4 aromatic rings. The highest BCUT2D eigenvalue weighted by molar-refractivity contribution is 6.33. The molecule has 4 aliphatic heterocycles. The van der Waals surface area contributed by atoms with Crippen molar-refractivity contribution in [2.24, 2.45) is 5.41 Å².